The van der Waals surface area contributed by atoms with Crippen molar-refractivity contribution in [2.75, 3.05) is 13.1 Å². The number of hydrogen-bond donors (Lipinski definition) is 2. The van der Waals surface area contributed by atoms with Crippen molar-refractivity contribution < 1.29 is 4.79 Å². The van der Waals surface area contributed by atoms with E-state index in [0.717, 1.165) is 43.9 Å². The molecule has 0 spiro atoms. The summed E-state index contributed by atoms with van der Waals surface area (Å²) in [4.78, 5) is 18.1. The van der Waals surface area contributed by atoms with E-state index in [1.165, 1.54) is 54.3 Å². The standard InChI is InChI=1S/C29H38N4O.ClH/c1-21-7-5-10-23(17-21)25(18-28(34)32-24-12-15-30-16-13-24)26-20-33(19-22-8-3-2-4-9-22)27-11-6-14-31-29(26)27;/h5-7,10-11,14,17,20,22,24-25,30H,2-4,8-9,12-13,15-16,18-19H2,1H3,(H,32,34);1H. The second-order valence-electron chi connectivity index (χ2n) is 10.4. The first kappa shape index (κ1) is 25.7. The van der Waals surface area contributed by atoms with E-state index < -0.39 is 0 Å². The maximum Gasteiger partial charge on any atom is 0.221 e. The van der Waals surface area contributed by atoms with Gasteiger partial charge in [-0.3, -0.25) is 9.78 Å². The quantitative estimate of drug-likeness (QED) is 0.440. The minimum atomic E-state index is -0.00776. The van der Waals surface area contributed by atoms with E-state index in [-0.39, 0.29) is 30.3 Å². The number of benzene rings is 1. The largest absolute Gasteiger partial charge is 0.353 e. The molecular weight excluding hydrogens is 456 g/mol. The van der Waals surface area contributed by atoms with Crippen molar-refractivity contribution in [1.82, 2.24) is 20.2 Å². The predicted octanol–water partition coefficient (Wildman–Crippen LogP) is 5.74. The lowest BCUT2D eigenvalue weighted by atomic mass is 9.88. The smallest absolute Gasteiger partial charge is 0.221 e. The van der Waals surface area contributed by atoms with Crippen molar-refractivity contribution in [1.29, 1.82) is 0 Å². The number of nitrogens with zero attached hydrogens (tertiary/aromatic N) is 2. The summed E-state index contributed by atoms with van der Waals surface area (Å²) in [5.74, 6) is 0.868. The molecule has 2 aliphatic rings. The van der Waals surface area contributed by atoms with Crippen LogP contribution in [-0.2, 0) is 11.3 Å². The van der Waals surface area contributed by atoms with Crippen LogP contribution in [0.15, 0.2) is 48.8 Å². The molecule has 1 amide bonds. The number of carbonyl (C=O) groups excluding carboxylic acids is 1. The van der Waals surface area contributed by atoms with Crippen molar-refractivity contribution in [3.63, 3.8) is 0 Å². The second-order valence-corrected chi connectivity index (χ2v) is 10.4. The van der Waals surface area contributed by atoms with Gasteiger partial charge in [0.05, 0.1) is 11.0 Å². The lowest BCUT2D eigenvalue weighted by Crippen LogP contribution is -2.43. The molecule has 5 nitrogen and oxygen atoms in total. The van der Waals surface area contributed by atoms with Crippen molar-refractivity contribution >= 4 is 29.3 Å². The van der Waals surface area contributed by atoms with Gasteiger partial charge in [-0.15, -0.1) is 12.4 Å². The molecule has 6 heteroatoms. The highest BCUT2D eigenvalue weighted by Gasteiger charge is 2.26. The molecule has 3 heterocycles. The Labute approximate surface area is 215 Å². The molecule has 2 fully saturated rings. The van der Waals surface area contributed by atoms with Gasteiger partial charge < -0.3 is 15.2 Å². The Bertz CT molecular complexity index is 1110. The molecule has 1 aliphatic carbocycles. The molecule has 2 N–H and O–H groups in total. The predicted molar refractivity (Wildman–Crippen MR) is 145 cm³/mol. The SMILES string of the molecule is Cc1cccc(C(CC(=O)NC2CCNCC2)c2cn(CC3CCCCC3)c3cccnc23)c1.Cl. The highest BCUT2D eigenvalue weighted by atomic mass is 35.5. The number of amides is 1. The number of halogens is 1. The lowest BCUT2D eigenvalue weighted by Gasteiger charge is -2.25. The molecule has 1 aliphatic heterocycles. The Kier molecular flexibility index (Phi) is 8.85. The van der Waals surface area contributed by atoms with Crippen LogP contribution in [0.3, 0.4) is 0 Å². The van der Waals surface area contributed by atoms with Crippen LogP contribution in [0.1, 0.15) is 74.0 Å². The number of aromatic nitrogens is 2. The summed E-state index contributed by atoms with van der Waals surface area (Å²) in [6, 6.07) is 13.1. The number of carbonyl (C=O) groups is 1. The molecule has 1 saturated carbocycles. The average molecular weight is 495 g/mol. The topological polar surface area (TPSA) is 59.0 Å². The summed E-state index contributed by atoms with van der Waals surface area (Å²) < 4.78 is 2.42. The Morgan fingerprint density at radius 1 is 1.11 bits per heavy atom. The summed E-state index contributed by atoms with van der Waals surface area (Å²) in [5.41, 5.74) is 5.83. The van der Waals surface area contributed by atoms with Gasteiger partial charge >= 0.3 is 0 Å². The normalized spacial score (nSPS) is 18.2. The molecule has 1 unspecified atom stereocenters. The number of pyridine rings is 1. The maximum atomic E-state index is 13.3. The van der Waals surface area contributed by atoms with Crippen LogP contribution in [0, 0.1) is 12.8 Å². The summed E-state index contributed by atoms with van der Waals surface area (Å²) >= 11 is 0. The number of aryl methyl sites for hydroxylation is 1. The number of fused-ring (bicyclic) bond motifs is 1. The molecule has 1 aromatic carbocycles. The minimum absolute atomic E-state index is 0. The van der Waals surface area contributed by atoms with Crippen LogP contribution in [0.2, 0.25) is 0 Å². The summed E-state index contributed by atoms with van der Waals surface area (Å²) in [6.45, 7) is 5.12. The number of piperidine rings is 1. The van der Waals surface area contributed by atoms with E-state index >= 15 is 0 Å². The van der Waals surface area contributed by atoms with Gasteiger partial charge in [-0.2, -0.15) is 0 Å². The Morgan fingerprint density at radius 3 is 2.69 bits per heavy atom. The minimum Gasteiger partial charge on any atom is -0.353 e. The molecule has 2 aromatic heterocycles. The highest BCUT2D eigenvalue weighted by Crippen LogP contribution is 2.35. The molecule has 0 radical (unpaired) electrons. The molecule has 1 atom stereocenters. The summed E-state index contributed by atoms with van der Waals surface area (Å²) in [6.07, 6.45) is 13.3. The van der Waals surface area contributed by atoms with Gasteiger partial charge in [-0.1, -0.05) is 49.1 Å². The number of rotatable bonds is 7. The molecular formula is C29H39ClN4O. The summed E-state index contributed by atoms with van der Waals surface area (Å²) in [5, 5.41) is 6.70. The Morgan fingerprint density at radius 2 is 1.91 bits per heavy atom. The van der Waals surface area contributed by atoms with Crippen molar-refractivity contribution in [3.05, 3.63) is 65.5 Å². The first-order valence-corrected chi connectivity index (χ1v) is 13.2. The first-order chi connectivity index (χ1) is 16.7. The van der Waals surface area contributed by atoms with E-state index in [9.17, 15) is 4.79 Å². The van der Waals surface area contributed by atoms with Crippen molar-refractivity contribution in [2.45, 2.75) is 76.8 Å². The third-order valence-corrected chi connectivity index (χ3v) is 7.76. The van der Waals surface area contributed by atoms with Crippen molar-refractivity contribution in [2.24, 2.45) is 5.92 Å². The van der Waals surface area contributed by atoms with E-state index in [0.29, 0.717) is 6.42 Å². The molecule has 188 valence electrons. The van der Waals surface area contributed by atoms with Gasteiger partial charge in [-0.25, -0.2) is 0 Å². The number of nitrogens with one attached hydrogen (secondary N) is 2. The van der Waals surface area contributed by atoms with Crippen LogP contribution in [0.4, 0.5) is 0 Å². The average Bonchev–Trinajstić information content (AvgIpc) is 3.22. The molecule has 5 rings (SSSR count). The maximum absolute atomic E-state index is 13.3. The first-order valence-electron chi connectivity index (χ1n) is 13.2. The van der Waals surface area contributed by atoms with Crippen LogP contribution >= 0.6 is 12.4 Å². The molecule has 3 aromatic rings. The fourth-order valence-corrected chi connectivity index (χ4v) is 5.94. The number of hydrogen-bond acceptors (Lipinski definition) is 3. The van der Waals surface area contributed by atoms with E-state index in [1.54, 1.807) is 0 Å². The fraction of sp³-hybridized carbons (Fsp3) is 0.517. The van der Waals surface area contributed by atoms with E-state index in [4.69, 9.17) is 4.98 Å². The van der Waals surface area contributed by atoms with E-state index in [2.05, 4.69) is 58.7 Å². The second kappa shape index (κ2) is 12.0. The molecule has 1 saturated heterocycles. The lowest BCUT2D eigenvalue weighted by molar-refractivity contribution is -0.122. The van der Waals surface area contributed by atoms with Crippen LogP contribution in [0.5, 0.6) is 0 Å². The van der Waals surface area contributed by atoms with Gasteiger partial charge in [-0.05, 0) is 69.3 Å². The van der Waals surface area contributed by atoms with Gasteiger partial charge in [0.25, 0.3) is 0 Å². The zero-order valence-corrected chi connectivity index (χ0v) is 21.7. The van der Waals surface area contributed by atoms with Gasteiger partial charge in [0, 0.05) is 42.9 Å². The van der Waals surface area contributed by atoms with Crippen LogP contribution in [0.25, 0.3) is 11.0 Å². The third kappa shape index (κ3) is 6.25. The molecule has 0 bridgehead atoms. The van der Waals surface area contributed by atoms with E-state index in [1.807, 2.05) is 12.3 Å². The third-order valence-electron chi connectivity index (χ3n) is 7.76. The zero-order valence-electron chi connectivity index (χ0n) is 20.8. The molecule has 35 heavy (non-hydrogen) atoms. The van der Waals surface area contributed by atoms with Gasteiger partial charge in [0.15, 0.2) is 0 Å². The van der Waals surface area contributed by atoms with Crippen LogP contribution in [-0.4, -0.2) is 34.6 Å². The highest BCUT2D eigenvalue weighted by molar-refractivity contribution is 5.85. The zero-order chi connectivity index (χ0) is 23.3. The van der Waals surface area contributed by atoms with Crippen LogP contribution < -0.4 is 10.6 Å². The Hall–Kier alpha value is -2.37. The van der Waals surface area contributed by atoms with Crippen molar-refractivity contribution in [3.8, 4) is 0 Å². The van der Waals surface area contributed by atoms with Gasteiger partial charge in [0.1, 0.15) is 0 Å². The van der Waals surface area contributed by atoms with Gasteiger partial charge in [0.2, 0.25) is 5.91 Å². The fourth-order valence-electron chi connectivity index (χ4n) is 5.94. The Balaban J connectivity index is 0.00000289. The monoisotopic (exact) mass is 494 g/mol. The summed E-state index contributed by atoms with van der Waals surface area (Å²) in [7, 11) is 0.